The van der Waals surface area contributed by atoms with Crippen LogP contribution in [0.5, 0.6) is 5.75 Å². The second-order valence-electron chi connectivity index (χ2n) is 4.65. The number of rotatable bonds is 4. The molecule has 0 radical (unpaired) electrons. The smallest absolute Gasteiger partial charge is 0.477 e. The average Bonchev–Trinajstić information content (AvgIpc) is 2.87. The zero-order chi connectivity index (χ0) is 17.3. The number of para-hydroxylation sites is 1. The van der Waals surface area contributed by atoms with Gasteiger partial charge in [-0.1, -0.05) is 23.9 Å². The van der Waals surface area contributed by atoms with Gasteiger partial charge in [0.05, 0.1) is 21.5 Å². The number of H-pyrrole nitrogens is 1. The van der Waals surface area contributed by atoms with E-state index >= 15 is 0 Å². The van der Waals surface area contributed by atoms with Gasteiger partial charge in [-0.05, 0) is 18.2 Å². The molecular weight excluding hydrogens is 345 g/mol. The molecule has 124 valence electrons. The van der Waals surface area contributed by atoms with Crippen molar-refractivity contribution < 1.29 is 27.8 Å². The molecule has 0 aliphatic heterocycles. The average molecular weight is 354 g/mol. The number of alkyl halides is 3. The van der Waals surface area contributed by atoms with Gasteiger partial charge in [0.25, 0.3) is 0 Å². The third kappa shape index (κ3) is 3.30. The first-order valence-electron chi connectivity index (χ1n) is 6.57. The first kappa shape index (κ1) is 16.2. The van der Waals surface area contributed by atoms with Crippen LogP contribution in [-0.2, 0) is 0 Å². The van der Waals surface area contributed by atoms with Gasteiger partial charge in [-0.15, -0.1) is 13.2 Å². The minimum absolute atomic E-state index is 0.121. The van der Waals surface area contributed by atoms with Gasteiger partial charge >= 0.3 is 12.3 Å². The van der Waals surface area contributed by atoms with Crippen molar-refractivity contribution in [1.29, 1.82) is 0 Å². The quantitative estimate of drug-likeness (QED) is 0.730. The van der Waals surface area contributed by atoms with Crippen LogP contribution in [-0.4, -0.2) is 27.4 Å². The van der Waals surface area contributed by atoms with Crippen molar-refractivity contribution in [2.75, 3.05) is 0 Å². The summed E-state index contributed by atoms with van der Waals surface area (Å²) in [5, 5.41) is 9.87. The molecule has 0 spiro atoms. The highest BCUT2D eigenvalue weighted by molar-refractivity contribution is 7.99. The molecule has 24 heavy (non-hydrogen) atoms. The van der Waals surface area contributed by atoms with Crippen molar-refractivity contribution in [1.82, 2.24) is 9.97 Å². The molecule has 0 atom stereocenters. The number of aromatic nitrogens is 2. The normalized spacial score (nSPS) is 11.6. The highest BCUT2D eigenvalue weighted by atomic mass is 32.2. The van der Waals surface area contributed by atoms with Crippen LogP contribution in [0, 0.1) is 0 Å². The van der Waals surface area contributed by atoms with Gasteiger partial charge in [0.15, 0.2) is 0 Å². The number of fused-ring (bicyclic) bond motifs is 1. The van der Waals surface area contributed by atoms with Gasteiger partial charge in [0, 0.05) is 11.6 Å². The van der Waals surface area contributed by atoms with Crippen molar-refractivity contribution in [3.63, 3.8) is 0 Å². The molecule has 0 aliphatic rings. The maximum atomic E-state index is 12.5. The number of ether oxygens (including phenoxy) is 1. The first-order valence-corrected chi connectivity index (χ1v) is 7.38. The topological polar surface area (TPSA) is 75.2 Å². The van der Waals surface area contributed by atoms with Gasteiger partial charge in [-0.2, -0.15) is 0 Å². The predicted molar refractivity (Wildman–Crippen MR) is 80.3 cm³/mol. The number of carboxylic acid groups (broad SMARTS) is 1. The highest BCUT2D eigenvalue weighted by Crippen LogP contribution is 2.41. The number of nitrogens with one attached hydrogen (secondary N) is 1. The molecule has 3 aromatic rings. The summed E-state index contributed by atoms with van der Waals surface area (Å²) < 4.78 is 41.6. The first-order chi connectivity index (χ1) is 11.3. The lowest BCUT2D eigenvalue weighted by Crippen LogP contribution is -2.17. The predicted octanol–water partition coefficient (Wildman–Crippen LogP) is 4.31. The van der Waals surface area contributed by atoms with Gasteiger partial charge in [-0.25, -0.2) is 4.79 Å². The van der Waals surface area contributed by atoms with E-state index in [0.29, 0.717) is 10.9 Å². The maximum Gasteiger partial charge on any atom is 0.573 e. The van der Waals surface area contributed by atoms with E-state index in [4.69, 9.17) is 0 Å². The van der Waals surface area contributed by atoms with Crippen molar-refractivity contribution in [2.24, 2.45) is 0 Å². The Hall–Kier alpha value is -2.68. The van der Waals surface area contributed by atoms with Gasteiger partial charge < -0.3 is 14.8 Å². The molecule has 0 amide bonds. The van der Waals surface area contributed by atoms with E-state index in [1.165, 1.54) is 30.6 Å². The molecule has 2 aromatic heterocycles. The second-order valence-corrected chi connectivity index (χ2v) is 5.70. The van der Waals surface area contributed by atoms with Crippen LogP contribution in [0.3, 0.4) is 0 Å². The summed E-state index contributed by atoms with van der Waals surface area (Å²) in [5.74, 6) is -1.61. The number of carbonyl (C=O) groups is 1. The molecule has 2 heterocycles. The van der Waals surface area contributed by atoms with Crippen LogP contribution < -0.4 is 4.74 Å². The fourth-order valence-electron chi connectivity index (χ4n) is 2.13. The zero-order valence-electron chi connectivity index (χ0n) is 11.8. The SMILES string of the molecule is O=C(O)c1[nH]c2cnccc2c1Sc1ccccc1OC(F)(F)F. The van der Waals surface area contributed by atoms with Gasteiger partial charge in [0.2, 0.25) is 0 Å². The summed E-state index contributed by atoms with van der Waals surface area (Å²) in [7, 11) is 0. The van der Waals surface area contributed by atoms with E-state index in [9.17, 15) is 23.1 Å². The Bertz CT molecular complexity index is 908. The van der Waals surface area contributed by atoms with Crippen molar-refractivity contribution in [3.8, 4) is 5.75 Å². The molecule has 2 N–H and O–H groups in total. The summed E-state index contributed by atoms with van der Waals surface area (Å²) in [5.41, 5.74) is 0.358. The number of pyridine rings is 1. The van der Waals surface area contributed by atoms with Crippen LogP contribution >= 0.6 is 11.8 Å². The number of hydrogen-bond donors (Lipinski definition) is 2. The maximum absolute atomic E-state index is 12.5. The van der Waals surface area contributed by atoms with Gasteiger partial charge in [-0.3, -0.25) is 4.98 Å². The van der Waals surface area contributed by atoms with E-state index in [1.54, 1.807) is 12.1 Å². The number of hydrogen-bond acceptors (Lipinski definition) is 4. The van der Waals surface area contributed by atoms with E-state index in [1.807, 2.05) is 0 Å². The highest BCUT2D eigenvalue weighted by Gasteiger charge is 2.32. The third-order valence-electron chi connectivity index (χ3n) is 3.05. The summed E-state index contributed by atoms with van der Waals surface area (Å²) in [6.45, 7) is 0. The Kier molecular flexibility index (Phi) is 4.10. The Morgan fingerprint density at radius 2 is 2.00 bits per heavy atom. The molecule has 0 aliphatic carbocycles. The van der Waals surface area contributed by atoms with E-state index in [2.05, 4.69) is 14.7 Å². The fourth-order valence-corrected chi connectivity index (χ4v) is 3.23. The molecular formula is C15H9F3N2O3S. The molecule has 9 heteroatoms. The van der Waals surface area contributed by atoms with Crippen molar-refractivity contribution in [2.45, 2.75) is 16.2 Å². The van der Waals surface area contributed by atoms with Crippen LogP contribution in [0.15, 0.2) is 52.5 Å². The monoisotopic (exact) mass is 354 g/mol. The molecule has 0 bridgehead atoms. The van der Waals surface area contributed by atoms with E-state index < -0.39 is 18.1 Å². The Morgan fingerprint density at radius 3 is 2.71 bits per heavy atom. The van der Waals surface area contributed by atoms with Gasteiger partial charge in [0.1, 0.15) is 11.4 Å². The van der Waals surface area contributed by atoms with Crippen LogP contribution in [0.4, 0.5) is 13.2 Å². The molecule has 0 unspecified atom stereocenters. The summed E-state index contributed by atoms with van der Waals surface area (Å²) in [4.78, 5) is 18.5. The number of aromatic carboxylic acids is 1. The number of halogens is 3. The zero-order valence-corrected chi connectivity index (χ0v) is 12.6. The number of carboxylic acids is 1. The molecule has 1 aromatic carbocycles. The Morgan fingerprint density at radius 1 is 1.25 bits per heavy atom. The third-order valence-corrected chi connectivity index (χ3v) is 4.24. The summed E-state index contributed by atoms with van der Waals surface area (Å²) in [6.07, 6.45) is -1.91. The molecule has 0 fully saturated rings. The minimum Gasteiger partial charge on any atom is -0.477 e. The molecule has 3 rings (SSSR count). The van der Waals surface area contributed by atoms with Crippen LogP contribution in [0.1, 0.15) is 10.5 Å². The van der Waals surface area contributed by atoms with Crippen molar-refractivity contribution in [3.05, 3.63) is 48.4 Å². The number of benzene rings is 1. The largest absolute Gasteiger partial charge is 0.573 e. The lowest BCUT2D eigenvalue weighted by molar-refractivity contribution is -0.275. The fraction of sp³-hybridized carbons (Fsp3) is 0.0667. The van der Waals surface area contributed by atoms with Crippen LogP contribution in [0.25, 0.3) is 10.9 Å². The van der Waals surface area contributed by atoms with E-state index in [0.717, 1.165) is 11.8 Å². The molecule has 0 saturated heterocycles. The lowest BCUT2D eigenvalue weighted by Gasteiger charge is -2.12. The number of aromatic amines is 1. The Labute approximate surface area is 137 Å². The van der Waals surface area contributed by atoms with E-state index in [-0.39, 0.29) is 15.5 Å². The molecule has 5 nitrogen and oxygen atoms in total. The number of nitrogens with zero attached hydrogens (tertiary/aromatic N) is 1. The second kappa shape index (κ2) is 6.08. The standard InChI is InChI=1S/C15H9F3N2O3S/c16-15(17,18)23-10-3-1-2-4-11(10)24-13-8-5-6-19-7-9(8)20-12(13)14(21)22/h1-7,20H,(H,21,22). The Balaban J connectivity index is 2.08. The summed E-state index contributed by atoms with van der Waals surface area (Å²) >= 11 is 0.881. The summed E-state index contributed by atoms with van der Waals surface area (Å²) in [6, 6.07) is 7.14. The van der Waals surface area contributed by atoms with Crippen LogP contribution in [0.2, 0.25) is 0 Å². The minimum atomic E-state index is -4.84. The molecule has 0 saturated carbocycles. The van der Waals surface area contributed by atoms with Crippen molar-refractivity contribution >= 4 is 28.6 Å². The lowest BCUT2D eigenvalue weighted by atomic mass is 10.3.